The van der Waals surface area contributed by atoms with Gasteiger partial charge in [-0.1, -0.05) is 0 Å². The zero-order chi connectivity index (χ0) is 15.2. The number of carbonyl (C=O) groups excluding carboxylic acids is 1. The minimum atomic E-state index is -0.416. The predicted molar refractivity (Wildman–Crippen MR) is 79.9 cm³/mol. The summed E-state index contributed by atoms with van der Waals surface area (Å²) >= 11 is 0. The summed E-state index contributed by atoms with van der Waals surface area (Å²) in [6.07, 6.45) is 2.79. The number of likely N-dealkylation sites (tertiary alicyclic amines) is 1. The van der Waals surface area contributed by atoms with Gasteiger partial charge in [-0.3, -0.25) is 0 Å². The Labute approximate surface area is 123 Å². The van der Waals surface area contributed by atoms with Crippen LogP contribution in [-0.4, -0.2) is 55.5 Å². The van der Waals surface area contributed by atoms with Crippen molar-refractivity contribution < 1.29 is 14.3 Å². The predicted octanol–water partition coefficient (Wildman–Crippen LogP) is 2.40. The van der Waals surface area contributed by atoms with Crippen LogP contribution in [0.1, 0.15) is 47.0 Å². The molecule has 1 fully saturated rings. The Morgan fingerprint density at radius 2 is 1.95 bits per heavy atom. The van der Waals surface area contributed by atoms with Crippen LogP contribution < -0.4 is 5.32 Å². The van der Waals surface area contributed by atoms with Crippen LogP contribution >= 0.6 is 0 Å². The van der Waals surface area contributed by atoms with Crippen molar-refractivity contribution in [3.63, 3.8) is 0 Å². The molecule has 118 valence electrons. The summed E-state index contributed by atoms with van der Waals surface area (Å²) in [7, 11) is 1.73. The number of hydrogen-bond acceptors (Lipinski definition) is 4. The van der Waals surface area contributed by atoms with E-state index in [4.69, 9.17) is 9.47 Å². The Morgan fingerprint density at radius 3 is 2.45 bits per heavy atom. The topological polar surface area (TPSA) is 50.8 Å². The first-order valence-electron chi connectivity index (χ1n) is 7.54. The van der Waals surface area contributed by atoms with E-state index in [-0.39, 0.29) is 6.09 Å². The van der Waals surface area contributed by atoms with Crippen molar-refractivity contribution in [1.82, 2.24) is 10.2 Å². The van der Waals surface area contributed by atoms with Crippen LogP contribution in [0.25, 0.3) is 0 Å². The fourth-order valence-electron chi connectivity index (χ4n) is 2.34. The highest BCUT2D eigenvalue weighted by Gasteiger charge is 2.27. The van der Waals surface area contributed by atoms with E-state index in [1.54, 1.807) is 7.11 Å². The third-order valence-corrected chi connectivity index (χ3v) is 3.42. The number of piperidine rings is 1. The minimum Gasteiger partial charge on any atom is -0.444 e. The number of nitrogens with one attached hydrogen (secondary N) is 1. The van der Waals surface area contributed by atoms with Gasteiger partial charge in [0.25, 0.3) is 0 Å². The van der Waals surface area contributed by atoms with Crippen molar-refractivity contribution in [2.75, 3.05) is 26.8 Å². The van der Waals surface area contributed by atoms with Gasteiger partial charge in [0.05, 0.1) is 0 Å². The Morgan fingerprint density at radius 1 is 1.35 bits per heavy atom. The molecule has 1 N–H and O–H groups in total. The van der Waals surface area contributed by atoms with Crippen LogP contribution in [0.2, 0.25) is 0 Å². The van der Waals surface area contributed by atoms with Crippen molar-refractivity contribution in [3.8, 4) is 0 Å². The molecule has 1 saturated heterocycles. The summed E-state index contributed by atoms with van der Waals surface area (Å²) in [5, 5.41) is 3.60. The van der Waals surface area contributed by atoms with Gasteiger partial charge in [0.2, 0.25) is 0 Å². The van der Waals surface area contributed by atoms with E-state index in [2.05, 4.69) is 12.2 Å². The largest absolute Gasteiger partial charge is 0.444 e. The van der Waals surface area contributed by atoms with E-state index in [0.717, 1.165) is 39.0 Å². The van der Waals surface area contributed by atoms with Gasteiger partial charge in [-0.15, -0.1) is 0 Å². The van der Waals surface area contributed by atoms with Crippen LogP contribution in [-0.2, 0) is 9.47 Å². The lowest BCUT2D eigenvalue weighted by atomic mass is 10.0. The zero-order valence-electron chi connectivity index (χ0n) is 13.6. The highest BCUT2D eigenvalue weighted by molar-refractivity contribution is 5.68. The summed E-state index contributed by atoms with van der Waals surface area (Å²) in [6.45, 7) is 10.2. The smallest absolute Gasteiger partial charge is 0.410 e. The lowest BCUT2D eigenvalue weighted by Gasteiger charge is -2.34. The van der Waals surface area contributed by atoms with E-state index in [9.17, 15) is 4.79 Å². The second-order valence-corrected chi connectivity index (χ2v) is 6.59. The fraction of sp³-hybridized carbons (Fsp3) is 0.933. The summed E-state index contributed by atoms with van der Waals surface area (Å²) < 4.78 is 10.5. The van der Waals surface area contributed by atoms with Gasteiger partial charge in [-0.2, -0.15) is 0 Å². The summed E-state index contributed by atoms with van der Waals surface area (Å²) in [5.41, 5.74) is -0.416. The maximum absolute atomic E-state index is 12.0. The molecule has 1 rings (SSSR count). The molecule has 0 aromatic carbocycles. The molecule has 5 heteroatoms. The van der Waals surface area contributed by atoms with Gasteiger partial charge >= 0.3 is 6.09 Å². The molecule has 0 aromatic rings. The number of methoxy groups -OCH3 is 1. The third kappa shape index (κ3) is 6.57. The average molecular weight is 286 g/mol. The number of ether oxygens (including phenoxy) is 2. The van der Waals surface area contributed by atoms with E-state index in [0.29, 0.717) is 12.1 Å². The highest BCUT2D eigenvalue weighted by atomic mass is 16.6. The number of rotatable bonds is 5. The van der Waals surface area contributed by atoms with Crippen LogP contribution in [0.5, 0.6) is 0 Å². The van der Waals surface area contributed by atoms with Gasteiger partial charge in [0.1, 0.15) is 5.60 Å². The molecule has 0 bridgehead atoms. The van der Waals surface area contributed by atoms with Gasteiger partial charge in [-0.25, -0.2) is 4.79 Å². The van der Waals surface area contributed by atoms with Crippen molar-refractivity contribution in [3.05, 3.63) is 0 Å². The van der Waals surface area contributed by atoms with E-state index in [1.807, 2.05) is 25.7 Å². The average Bonchev–Trinajstić information content (AvgIpc) is 2.35. The van der Waals surface area contributed by atoms with Gasteiger partial charge in [0, 0.05) is 38.9 Å². The first kappa shape index (κ1) is 17.2. The molecule has 1 unspecified atom stereocenters. The van der Waals surface area contributed by atoms with Crippen LogP contribution in [0, 0.1) is 0 Å². The maximum atomic E-state index is 12.0. The summed E-state index contributed by atoms with van der Waals surface area (Å²) in [5.74, 6) is 0. The quantitative estimate of drug-likeness (QED) is 0.843. The molecule has 20 heavy (non-hydrogen) atoms. The molecule has 0 radical (unpaired) electrons. The summed E-state index contributed by atoms with van der Waals surface area (Å²) in [6, 6.07) is 0.938. The molecular formula is C15H30N2O3. The summed E-state index contributed by atoms with van der Waals surface area (Å²) in [4.78, 5) is 13.8. The first-order valence-corrected chi connectivity index (χ1v) is 7.54. The van der Waals surface area contributed by atoms with Crippen LogP contribution in [0.15, 0.2) is 0 Å². The van der Waals surface area contributed by atoms with Gasteiger partial charge in [0.15, 0.2) is 0 Å². The number of hydrogen-bond donors (Lipinski definition) is 1. The van der Waals surface area contributed by atoms with Gasteiger partial charge < -0.3 is 19.7 Å². The van der Waals surface area contributed by atoms with Crippen molar-refractivity contribution in [2.24, 2.45) is 0 Å². The monoisotopic (exact) mass is 286 g/mol. The maximum Gasteiger partial charge on any atom is 0.410 e. The zero-order valence-corrected chi connectivity index (χ0v) is 13.6. The Bertz CT molecular complexity index is 294. The molecule has 1 amide bonds. The standard InChI is InChI=1S/C15H30N2O3/c1-12(8-11-19-5)16-13-6-9-17(10-7-13)14(18)20-15(2,3)4/h12-13,16H,6-11H2,1-5H3. The molecule has 1 atom stereocenters. The lowest BCUT2D eigenvalue weighted by molar-refractivity contribution is 0.0195. The highest BCUT2D eigenvalue weighted by Crippen LogP contribution is 2.16. The minimum absolute atomic E-state index is 0.191. The number of amides is 1. The van der Waals surface area contributed by atoms with Crippen molar-refractivity contribution in [1.29, 1.82) is 0 Å². The van der Waals surface area contributed by atoms with Gasteiger partial charge in [-0.05, 0) is 47.0 Å². The molecule has 1 aliphatic heterocycles. The first-order chi connectivity index (χ1) is 9.31. The molecule has 0 aliphatic carbocycles. The lowest BCUT2D eigenvalue weighted by Crippen LogP contribution is -2.48. The van der Waals surface area contributed by atoms with Crippen LogP contribution in [0.3, 0.4) is 0 Å². The SMILES string of the molecule is COCCC(C)NC1CCN(C(=O)OC(C)(C)C)CC1. The number of carbonyl (C=O) groups is 1. The second kappa shape index (κ2) is 7.84. The van der Waals surface area contributed by atoms with E-state index >= 15 is 0 Å². The molecule has 5 nitrogen and oxygen atoms in total. The molecular weight excluding hydrogens is 256 g/mol. The van der Waals surface area contributed by atoms with E-state index in [1.165, 1.54) is 0 Å². The Balaban J connectivity index is 2.27. The molecule has 0 aromatic heterocycles. The second-order valence-electron chi connectivity index (χ2n) is 6.59. The normalized spacial score (nSPS) is 18.9. The van der Waals surface area contributed by atoms with Crippen LogP contribution in [0.4, 0.5) is 4.79 Å². The molecule has 0 spiro atoms. The fourth-order valence-corrected chi connectivity index (χ4v) is 2.34. The number of nitrogens with zero attached hydrogens (tertiary/aromatic N) is 1. The van der Waals surface area contributed by atoms with E-state index < -0.39 is 5.60 Å². The van der Waals surface area contributed by atoms with Crippen molar-refractivity contribution in [2.45, 2.75) is 64.6 Å². The molecule has 1 aliphatic rings. The Hall–Kier alpha value is -0.810. The molecule has 1 heterocycles. The Kier molecular flexibility index (Phi) is 6.76. The van der Waals surface area contributed by atoms with Crippen molar-refractivity contribution >= 4 is 6.09 Å². The third-order valence-electron chi connectivity index (χ3n) is 3.42. The molecule has 0 saturated carbocycles.